The van der Waals surface area contributed by atoms with E-state index in [9.17, 15) is 13.6 Å². The highest BCUT2D eigenvalue weighted by molar-refractivity contribution is 5.73. The van der Waals surface area contributed by atoms with Gasteiger partial charge in [0.1, 0.15) is 11.6 Å². The van der Waals surface area contributed by atoms with Gasteiger partial charge in [0, 0.05) is 24.7 Å². The Morgan fingerprint density at radius 2 is 2.22 bits per heavy atom. The molecule has 0 spiro atoms. The van der Waals surface area contributed by atoms with Crippen molar-refractivity contribution < 1.29 is 18.7 Å². The molecule has 0 aromatic heterocycles. The zero-order valence-corrected chi connectivity index (χ0v) is 10.1. The number of carbonyl (C=O) groups is 1. The summed E-state index contributed by atoms with van der Waals surface area (Å²) in [5.41, 5.74) is 0.423. The molecule has 0 heterocycles. The fourth-order valence-electron chi connectivity index (χ4n) is 2.16. The summed E-state index contributed by atoms with van der Waals surface area (Å²) in [6.45, 7) is 0.975. The maximum Gasteiger partial charge on any atom is 0.306 e. The molecule has 1 saturated carbocycles. The average Bonchev–Trinajstić information content (AvgIpc) is 3.01. The van der Waals surface area contributed by atoms with Crippen LogP contribution in [-0.2, 0) is 11.3 Å². The predicted molar refractivity (Wildman–Crippen MR) is 61.9 cm³/mol. The van der Waals surface area contributed by atoms with Crippen LogP contribution in [0.4, 0.5) is 8.78 Å². The van der Waals surface area contributed by atoms with E-state index < -0.39 is 17.6 Å². The lowest BCUT2D eigenvalue weighted by molar-refractivity contribution is -0.138. The van der Waals surface area contributed by atoms with Crippen molar-refractivity contribution in [1.29, 1.82) is 0 Å². The van der Waals surface area contributed by atoms with Crippen molar-refractivity contribution in [3.05, 3.63) is 35.4 Å². The maximum atomic E-state index is 13.4. The Morgan fingerprint density at radius 1 is 1.50 bits per heavy atom. The lowest BCUT2D eigenvalue weighted by Crippen LogP contribution is -2.22. The molecule has 5 heteroatoms. The van der Waals surface area contributed by atoms with Crippen molar-refractivity contribution >= 4 is 5.97 Å². The average molecular weight is 255 g/mol. The molecule has 1 aliphatic rings. The van der Waals surface area contributed by atoms with Crippen LogP contribution in [0.1, 0.15) is 12.0 Å². The molecule has 2 rings (SSSR count). The van der Waals surface area contributed by atoms with Crippen LogP contribution < -0.4 is 0 Å². The van der Waals surface area contributed by atoms with E-state index in [0.717, 1.165) is 6.07 Å². The Bertz CT molecular complexity index is 464. The van der Waals surface area contributed by atoms with E-state index in [2.05, 4.69) is 0 Å². The minimum atomic E-state index is -0.763. The molecular formula is C13H15F2NO2. The summed E-state index contributed by atoms with van der Waals surface area (Å²) in [4.78, 5) is 12.5. The quantitative estimate of drug-likeness (QED) is 0.876. The molecular weight excluding hydrogens is 240 g/mol. The molecule has 3 nitrogen and oxygen atoms in total. The van der Waals surface area contributed by atoms with Gasteiger partial charge in [-0.15, -0.1) is 0 Å². The lowest BCUT2D eigenvalue weighted by atomic mass is 10.2. The molecule has 1 aliphatic carbocycles. The zero-order chi connectivity index (χ0) is 13.3. The van der Waals surface area contributed by atoms with E-state index in [1.54, 1.807) is 7.05 Å². The van der Waals surface area contributed by atoms with E-state index in [1.165, 1.54) is 12.1 Å². The number of nitrogens with zero attached hydrogens (tertiary/aromatic N) is 1. The molecule has 98 valence electrons. The number of aliphatic carboxylic acids is 1. The van der Waals surface area contributed by atoms with Crippen LogP contribution in [0.3, 0.4) is 0 Å². The summed E-state index contributed by atoms with van der Waals surface area (Å²) < 4.78 is 26.1. The standard InChI is InChI=1S/C13H15F2NO2/c1-16(7-9-4-11(9)13(17)18)6-8-2-3-10(14)5-12(8)15/h2-3,5,9,11H,4,6-7H2,1H3,(H,17,18). The summed E-state index contributed by atoms with van der Waals surface area (Å²) in [5, 5.41) is 8.78. The van der Waals surface area contributed by atoms with Crippen LogP contribution in [0.2, 0.25) is 0 Å². The Kier molecular flexibility index (Phi) is 3.61. The van der Waals surface area contributed by atoms with Gasteiger partial charge in [-0.3, -0.25) is 4.79 Å². The largest absolute Gasteiger partial charge is 0.481 e. The summed E-state index contributed by atoms with van der Waals surface area (Å²) in [7, 11) is 1.81. The minimum absolute atomic E-state index is 0.149. The highest BCUT2D eigenvalue weighted by Crippen LogP contribution is 2.39. The number of halogens is 2. The zero-order valence-electron chi connectivity index (χ0n) is 10.1. The van der Waals surface area contributed by atoms with Gasteiger partial charge in [0.25, 0.3) is 0 Å². The summed E-state index contributed by atoms with van der Waals surface area (Å²) in [6, 6.07) is 3.51. The van der Waals surface area contributed by atoms with Crippen molar-refractivity contribution in [3.8, 4) is 0 Å². The minimum Gasteiger partial charge on any atom is -0.481 e. The first-order valence-electron chi connectivity index (χ1n) is 5.82. The smallest absolute Gasteiger partial charge is 0.306 e. The summed E-state index contributed by atoms with van der Waals surface area (Å²) >= 11 is 0. The van der Waals surface area contributed by atoms with Gasteiger partial charge in [0.2, 0.25) is 0 Å². The van der Waals surface area contributed by atoms with Gasteiger partial charge >= 0.3 is 5.97 Å². The number of benzene rings is 1. The fourth-order valence-corrected chi connectivity index (χ4v) is 2.16. The van der Waals surface area contributed by atoms with Gasteiger partial charge in [-0.05, 0) is 25.5 Å². The number of rotatable bonds is 5. The Balaban J connectivity index is 1.88. The van der Waals surface area contributed by atoms with Crippen molar-refractivity contribution in [3.63, 3.8) is 0 Å². The first-order chi connectivity index (χ1) is 8.47. The van der Waals surface area contributed by atoms with E-state index in [0.29, 0.717) is 25.1 Å². The monoisotopic (exact) mass is 255 g/mol. The third kappa shape index (κ3) is 3.04. The number of hydrogen-bond donors (Lipinski definition) is 1. The molecule has 0 saturated heterocycles. The van der Waals surface area contributed by atoms with E-state index in [4.69, 9.17) is 5.11 Å². The van der Waals surface area contributed by atoms with Crippen molar-refractivity contribution in [2.24, 2.45) is 11.8 Å². The fraction of sp³-hybridized carbons (Fsp3) is 0.462. The SMILES string of the molecule is CN(Cc1ccc(F)cc1F)CC1CC1C(=O)O. The normalized spacial score (nSPS) is 22.2. The van der Waals surface area contributed by atoms with Crippen LogP contribution >= 0.6 is 0 Å². The van der Waals surface area contributed by atoms with Crippen LogP contribution in [0.5, 0.6) is 0 Å². The van der Waals surface area contributed by atoms with Gasteiger partial charge in [0.05, 0.1) is 5.92 Å². The van der Waals surface area contributed by atoms with Crippen molar-refractivity contribution in [2.75, 3.05) is 13.6 Å². The third-order valence-corrected chi connectivity index (χ3v) is 3.24. The van der Waals surface area contributed by atoms with Crippen LogP contribution in [0, 0.1) is 23.5 Å². The molecule has 0 bridgehead atoms. The Hall–Kier alpha value is -1.49. The second-order valence-corrected chi connectivity index (χ2v) is 4.87. The number of carboxylic acid groups (broad SMARTS) is 1. The second kappa shape index (κ2) is 5.02. The second-order valence-electron chi connectivity index (χ2n) is 4.87. The molecule has 0 amide bonds. The van der Waals surface area contributed by atoms with E-state index in [1.807, 2.05) is 4.90 Å². The predicted octanol–water partition coefficient (Wildman–Crippen LogP) is 2.12. The third-order valence-electron chi connectivity index (χ3n) is 3.24. The van der Waals surface area contributed by atoms with Crippen LogP contribution in [-0.4, -0.2) is 29.6 Å². The number of hydrogen-bond acceptors (Lipinski definition) is 2. The molecule has 2 unspecified atom stereocenters. The van der Waals surface area contributed by atoms with Crippen LogP contribution in [0.15, 0.2) is 18.2 Å². The molecule has 1 N–H and O–H groups in total. The first-order valence-corrected chi connectivity index (χ1v) is 5.82. The highest BCUT2D eigenvalue weighted by atomic mass is 19.1. The maximum absolute atomic E-state index is 13.4. The highest BCUT2D eigenvalue weighted by Gasteiger charge is 2.43. The van der Waals surface area contributed by atoms with Gasteiger partial charge in [0.15, 0.2) is 0 Å². The van der Waals surface area contributed by atoms with E-state index >= 15 is 0 Å². The molecule has 0 aliphatic heterocycles. The van der Waals surface area contributed by atoms with E-state index in [-0.39, 0.29) is 11.8 Å². The molecule has 1 aromatic carbocycles. The molecule has 1 aromatic rings. The van der Waals surface area contributed by atoms with Gasteiger partial charge in [-0.2, -0.15) is 0 Å². The summed E-state index contributed by atoms with van der Waals surface area (Å²) in [5.74, 6) is -2.03. The molecule has 0 radical (unpaired) electrons. The van der Waals surface area contributed by atoms with Gasteiger partial charge < -0.3 is 10.0 Å². The van der Waals surface area contributed by atoms with Crippen molar-refractivity contribution in [1.82, 2.24) is 4.90 Å². The van der Waals surface area contributed by atoms with Crippen LogP contribution in [0.25, 0.3) is 0 Å². The summed E-state index contributed by atoms with van der Waals surface area (Å²) in [6.07, 6.45) is 0.686. The Morgan fingerprint density at radius 3 is 2.78 bits per heavy atom. The lowest BCUT2D eigenvalue weighted by Gasteiger charge is -2.16. The first kappa shape index (κ1) is 13.0. The Labute approximate surface area is 104 Å². The molecule has 2 atom stereocenters. The van der Waals surface area contributed by atoms with Crippen molar-refractivity contribution in [2.45, 2.75) is 13.0 Å². The number of carboxylic acids is 1. The molecule has 1 fully saturated rings. The molecule has 18 heavy (non-hydrogen) atoms. The van der Waals surface area contributed by atoms with Gasteiger partial charge in [-0.1, -0.05) is 6.07 Å². The topological polar surface area (TPSA) is 40.5 Å². The van der Waals surface area contributed by atoms with Gasteiger partial charge in [-0.25, -0.2) is 8.78 Å².